The average Bonchev–Trinajstić information content (AvgIpc) is 3.35. The number of rotatable bonds is 21. The summed E-state index contributed by atoms with van der Waals surface area (Å²) >= 11 is 0. The Morgan fingerprint density at radius 2 is 0.805 bits per heavy atom. The van der Waals surface area contributed by atoms with Gasteiger partial charge in [-0.05, 0) is 136 Å². The summed E-state index contributed by atoms with van der Waals surface area (Å²) in [6, 6.07) is 36.9. The Balaban J connectivity index is -0.000000407. The molecule has 4 aromatic rings. The van der Waals surface area contributed by atoms with Crippen LogP contribution in [-0.2, 0) is 50.1 Å². The summed E-state index contributed by atoms with van der Waals surface area (Å²) in [6.07, 6.45) is 8.63. The lowest BCUT2D eigenvalue weighted by atomic mass is 10.2. The minimum Gasteiger partial charge on any atom is -0.303 e. The van der Waals surface area contributed by atoms with Crippen molar-refractivity contribution in [1.29, 1.82) is 0 Å². The molecule has 0 amide bonds. The molecule has 0 spiro atoms. The van der Waals surface area contributed by atoms with Crippen molar-refractivity contribution in [3.05, 3.63) is 121 Å². The van der Waals surface area contributed by atoms with Gasteiger partial charge in [0.05, 0.1) is 6.61 Å². The highest BCUT2D eigenvalue weighted by Gasteiger charge is 2.44. The molecule has 0 bridgehead atoms. The van der Waals surface area contributed by atoms with E-state index in [2.05, 4.69) is 25.3 Å². The Bertz CT molecular complexity index is 2100. The summed E-state index contributed by atoms with van der Waals surface area (Å²) in [5, 5.41) is 1.67. The van der Waals surface area contributed by atoms with Crippen molar-refractivity contribution in [1.82, 2.24) is 0 Å². The van der Waals surface area contributed by atoms with Gasteiger partial charge in [0.2, 0.25) is 0 Å². The second-order valence-corrected chi connectivity index (χ2v) is 30.4. The summed E-state index contributed by atoms with van der Waals surface area (Å²) < 4.78 is 110. The van der Waals surface area contributed by atoms with E-state index in [9.17, 15) is 32.0 Å². The molecule has 4 aromatic carbocycles. The first-order chi connectivity index (χ1) is 35.8. The van der Waals surface area contributed by atoms with Crippen LogP contribution in [0.2, 0.25) is 0 Å². The van der Waals surface area contributed by atoms with Crippen molar-refractivity contribution in [3.63, 3.8) is 0 Å². The Hall–Kier alpha value is -2.83. The molecule has 4 rings (SSSR count). The number of unbranched alkanes of at least 4 members (excludes halogenated alkanes) is 3. The predicted molar refractivity (Wildman–Crippen MR) is 324 cm³/mol. The highest BCUT2D eigenvalue weighted by Crippen LogP contribution is 2.49. The Morgan fingerprint density at radius 1 is 0.494 bits per heavy atom. The molecule has 16 nitrogen and oxygen atoms in total. The summed E-state index contributed by atoms with van der Waals surface area (Å²) in [4.78, 5) is 21.6. The molecule has 77 heavy (non-hydrogen) atoms. The van der Waals surface area contributed by atoms with E-state index >= 15 is 0 Å². The van der Waals surface area contributed by atoms with E-state index in [1.165, 1.54) is 12.8 Å². The minimum atomic E-state index is -4.64. The highest BCUT2D eigenvalue weighted by molar-refractivity contribution is 7.61. The smallest absolute Gasteiger partial charge is 0.303 e. The fraction of sp³-hybridized carbons (Fsp3) is 0.547. The summed E-state index contributed by atoms with van der Waals surface area (Å²) in [5.41, 5.74) is 0. The van der Waals surface area contributed by atoms with Crippen LogP contribution in [0.3, 0.4) is 0 Å². The van der Waals surface area contributed by atoms with Crippen LogP contribution in [0.1, 0.15) is 122 Å². The largest absolute Gasteiger partial charge is 0.805 e. The fourth-order valence-electron chi connectivity index (χ4n) is 4.99. The van der Waals surface area contributed by atoms with Gasteiger partial charge in [-0.2, -0.15) is 0 Å². The van der Waals surface area contributed by atoms with Gasteiger partial charge in [0.25, 0.3) is 0 Å². The number of para-hydroxylation sites is 2. The molecule has 0 aliphatic carbocycles. The Labute approximate surface area is 468 Å². The Morgan fingerprint density at radius 3 is 1.03 bits per heavy atom. The van der Waals surface area contributed by atoms with Crippen molar-refractivity contribution < 1.29 is 73.8 Å². The summed E-state index contributed by atoms with van der Waals surface area (Å²) in [5.74, 6) is 1.54. The monoisotopic (exact) mass is 1230 g/mol. The van der Waals surface area contributed by atoms with E-state index in [-0.39, 0.29) is 10.3 Å². The second kappa shape index (κ2) is 50.2. The standard InChI is InChI=1S/C12H10O3P.C12H10OP.2C8H18OP.2C5H12O2P.C3H8O2P.H3O4P/c13-16(14-11-7-3-1-4-8-11)15-12-9-5-2-6-10-12;13-14(11-7-3-1-4-8-11)12-9-5-2-6-10-12;1-7(2,3)10(9)8(4,5)6;1-3-5-7-10(9)8-6-4-2;1-5(2)4-7-8(3)6;1-3-4-5-7-8(2)6;1-3-5-6(2)4;1-5(2,3)4/h1-10H;1-10H;1-6H3;3-8H2,1-2H3;5H,4H2,1-3H3;3-5H2,1-2H3;3H2,1-2H3;(H3,1,2,3,4)/q7*+1;. The lowest BCUT2D eigenvalue weighted by Crippen LogP contribution is -2.20. The molecule has 0 saturated carbocycles. The van der Waals surface area contributed by atoms with Gasteiger partial charge in [-0.1, -0.05) is 140 Å². The molecule has 0 fully saturated rings. The van der Waals surface area contributed by atoms with Crippen LogP contribution in [0.5, 0.6) is 11.5 Å². The highest BCUT2D eigenvalue weighted by atomic mass is 31.2. The van der Waals surface area contributed by atoms with E-state index in [1.807, 2.05) is 135 Å². The first-order valence-corrected chi connectivity index (χ1v) is 36.8. The number of benzene rings is 4. The molecular formula is C53H91O16P8+7. The molecule has 0 radical (unpaired) electrons. The summed E-state index contributed by atoms with van der Waals surface area (Å²) in [6.45, 7) is 30.9. The first kappa shape index (κ1) is 80.6. The SMILES string of the molecule is CC(C)(C)[P+](=O)C(C)(C)C.CC(C)CO[P+](C)=O.CCCCO[P+](C)=O.CCCC[P+](=O)CCCC.CCO[P+](C)=O.O=P(O)(O)O.O=[P+](Oc1ccccc1)Oc1ccccc1.O=[P+](c1ccccc1)c1ccccc1. The van der Waals surface area contributed by atoms with E-state index < -0.39 is 63.6 Å². The van der Waals surface area contributed by atoms with Crippen molar-refractivity contribution in [3.8, 4) is 11.5 Å². The molecule has 3 unspecified atom stereocenters. The quantitative estimate of drug-likeness (QED) is 0.0519. The second-order valence-electron chi connectivity index (χ2n) is 18.4. The van der Waals surface area contributed by atoms with Crippen LogP contribution in [-0.4, -0.2) is 77.1 Å². The van der Waals surface area contributed by atoms with Crippen molar-refractivity contribution in [2.45, 2.75) is 132 Å². The van der Waals surface area contributed by atoms with Crippen LogP contribution in [0.25, 0.3) is 0 Å². The lowest BCUT2D eigenvalue weighted by Gasteiger charge is -2.14. The number of hydrogen-bond donors (Lipinski definition) is 3. The van der Waals surface area contributed by atoms with Gasteiger partial charge in [0.15, 0.2) is 52.4 Å². The van der Waals surface area contributed by atoms with Crippen molar-refractivity contribution >= 4 is 74.2 Å². The summed E-state index contributed by atoms with van der Waals surface area (Å²) in [7, 11) is -14.3. The van der Waals surface area contributed by atoms with Crippen LogP contribution in [0.4, 0.5) is 0 Å². The number of hydrogen-bond acceptors (Lipinski definition) is 13. The van der Waals surface area contributed by atoms with Crippen LogP contribution >= 0.6 is 63.6 Å². The molecule has 0 saturated heterocycles. The van der Waals surface area contributed by atoms with Gasteiger partial charge < -0.3 is 14.7 Å². The third-order valence-corrected chi connectivity index (χ3v) is 16.2. The van der Waals surface area contributed by atoms with Gasteiger partial charge in [0.1, 0.15) is 25.5 Å². The normalized spacial score (nSPS) is 10.9. The minimum absolute atomic E-state index is 0.0480. The van der Waals surface area contributed by atoms with Crippen LogP contribution in [0, 0.1) is 5.92 Å². The van der Waals surface area contributed by atoms with E-state index in [0.29, 0.717) is 37.2 Å². The molecule has 3 N–H and O–H groups in total. The zero-order chi connectivity index (χ0) is 59.9. The van der Waals surface area contributed by atoms with Gasteiger partial charge >= 0.3 is 63.6 Å². The van der Waals surface area contributed by atoms with E-state index in [4.69, 9.17) is 37.3 Å². The van der Waals surface area contributed by atoms with Crippen LogP contribution in [0.15, 0.2) is 121 Å². The maximum absolute atomic E-state index is 12.0. The average molecular weight is 1230 g/mol. The molecular weight excluding hydrogens is 1140 g/mol. The van der Waals surface area contributed by atoms with Crippen molar-refractivity contribution in [2.24, 2.45) is 5.92 Å². The van der Waals surface area contributed by atoms with Crippen molar-refractivity contribution in [2.75, 3.05) is 52.1 Å². The van der Waals surface area contributed by atoms with Gasteiger partial charge in [-0.15, -0.1) is 13.6 Å². The maximum Gasteiger partial charge on any atom is 0.805 e. The van der Waals surface area contributed by atoms with Gasteiger partial charge in [-0.25, -0.2) is 13.6 Å². The molecule has 0 heterocycles. The maximum atomic E-state index is 12.0. The molecule has 24 heteroatoms. The molecule has 0 aromatic heterocycles. The first-order valence-electron chi connectivity index (χ1n) is 25.2. The fourth-order valence-corrected chi connectivity index (χ4v) is 11.6. The Kier molecular flexibility index (Phi) is 52.5. The molecule has 432 valence electrons. The molecule has 0 aliphatic rings. The lowest BCUT2D eigenvalue weighted by molar-refractivity contribution is 0.275. The topological polar surface area (TPSA) is 243 Å². The van der Waals surface area contributed by atoms with E-state index in [1.54, 1.807) is 68.5 Å². The molecule has 0 aliphatic heterocycles. The zero-order valence-corrected chi connectivity index (χ0v) is 55.3. The number of phosphoric acid groups is 1. The predicted octanol–water partition coefficient (Wildman–Crippen LogP) is 17.8. The van der Waals surface area contributed by atoms with E-state index in [0.717, 1.165) is 48.6 Å². The van der Waals surface area contributed by atoms with Gasteiger partial charge in [0, 0.05) is 4.57 Å². The zero-order valence-electron chi connectivity index (χ0n) is 48.1. The third kappa shape index (κ3) is 60.7. The van der Waals surface area contributed by atoms with Gasteiger partial charge in [-0.3, -0.25) is 0 Å². The molecule has 3 atom stereocenters. The van der Waals surface area contributed by atoms with Crippen LogP contribution < -0.4 is 19.7 Å². The third-order valence-electron chi connectivity index (χ3n) is 8.24.